The van der Waals surface area contributed by atoms with Gasteiger partial charge in [-0.1, -0.05) is 6.07 Å². The van der Waals surface area contributed by atoms with Crippen LogP contribution in [0.15, 0.2) is 48.8 Å². The van der Waals surface area contributed by atoms with E-state index in [-0.39, 0.29) is 16.3 Å². The van der Waals surface area contributed by atoms with E-state index < -0.39 is 17.9 Å². The minimum absolute atomic E-state index is 0.0169. The van der Waals surface area contributed by atoms with Crippen LogP contribution in [0.5, 0.6) is 11.6 Å². The predicted octanol–water partition coefficient (Wildman–Crippen LogP) is 5.02. The molecule has 1 aliphatic heterocycles. The maximum absolute atomic E-state index is 13.9. The number of carbonyl (C=O) groups is 1. The van der Waals surface area contributed by atoms with Crippen LogP contribution >= 0.6 is 0 Å². The summed E-state index contributed by atoms with van der Waals surface area (Å²) < 4.78 is 47.2. The van der Waals surface area contributed by atoms with E-state index in [2.05, 4.69) is 15.3 Å². The summed E-state index contributed by atoms with van der Waals surface area (Å²) in [5.74, 6) is -0.639. The molecule has 9 heteroatoms. The highest BCUT2D eigenvalue weighted by atomic mass is 19.4. The van der Waals surface area contributed by atoms with Crippen LogP contribution in [0.2, 0.25) is 0 Å². The van der Waals surface area contributed by atoms with Gasteiger partial charge in [0.1, 0.15) is 0 Å². The van der Waals surface area contributed by atoms with E-state index in [1.54, 1.807) is 38.2 Å². The lowest BCUT2D eigenvalue weighted by atomic mass is 10.0. The zero-order valence-corrected chi connectivity index (χ0v) is 16.8. The molecule has 160 valence electrons. The van der Waals surface area contributed by atoms with E-state index in [0.29, 0.717) is 29.2 Å². The van der Waals surface area contributed by atoms with Crippen LogP contribution in [-0.2, 0) is 6.42 Å². The van der Waals surface area contributed by atoms with Gasteiger partial charge in [0, 0.05) is 30.1 Å². The van der Waals surface area contributed by atoms with Crippen molar-refractivity contribution < 1.29 is 22.7 Å². The van der Waals surface area contributed by atoms with Crippen molar-refractivity contribution in [3.63, 3.8) is 0 Å². The maximum Gasteiger partial charge on any atom is 0.491 e. The Hall–Kier alpha value is -3.62. The molecule has 1 aliphatic rings. The molecule has 0 saturated carbocycles. The number of ether oxygens (including phenoxy) is 1. The number of rotatable bonds is 4. The number of hydrogen-bond acceptors (Lipinski definition) is 5. The summed E-state index contributed by atoms with van der Waals surface area (Å²) in [6, 6.07) is 9.02. The van der Waals surface area contributed by atoms with Gasteiger partial charge in [0.05, 0.1) is 17.6 Å². The fraction of sp³-hybridized carbons (Fsp3) is 0.227. The number of carbonyl (C=O) groups excluding carboxylic acids is 1. The Morgan fingerprint density at radius 2 is 1.97 bits per heavy atom. The minimum atomic E-state index is -4.93. The molecule has 6 nitrogen and oxygen atoms in total. The van der Waals surface area contributed by atoms with Crippen molar-refractivity contribution in [3.05, 3.63) is 71.2 Å². The fourth-order valence-corrected chi connectivity index (χ4v) is 3.46. The van der Waals surface area contributed by atoms with Gasteiger partial charge < -0.3 is 10.1 Å². The average Bonchev–Trinajstić information content (AvgIpc) is 3.16. The third-order valence-corrected chi connectivity index (χ3v) is 5.00. The standard InChI is InChI=1S/C22H19F3N4O2/c1-13-10-15-7-9-27-18(15)11-17(13)21(30)29(22(23,24)25)16-5-6-20(28-12-16)31-19-4-3-8-26-14(19)2/h3-6,8,10-12,27H,7,9H2,1-2H3. The Morgan fingerprint density at radius 3 is 2.65 bits per heavy atom. The lowest BCUT2D eigenvalue weighted by molar-refractivity contribution is -0.122. The van der Waals surface area contributed by atoms with Crippen LogP contribution in [0, 0.1) is 13.8 Å². The summed E-state index contributed by atoms with van der Waals surface area (Å²) in [5.41, 5.74) is 2.35. The van der Waals surface area contributed by atoms with E-state index in [1.165, 1.54) is 12.1 Å². The van der Waals surface area contributed by atoms with Crippen molar-refractivity contribution in [2.75, 3.05) is 16.8 Å². The molecule has 4 rings (SSSR count). The summed E-state index contributed by atoms with van der Waals surface area (Å²) >= 11 is 0. The Morgan fingerprint density at radius 1 is 1.16 bits per heavy atom. The molecule has 0 unspecified atom stereocenters. The van der Waals surface area contributed by atoms with Gasteiger partial charge >= 0.3 is 6.30 Å². The van der Waals surface area contributed by atoms with E-state index in [0.717, 1.165) is 24.2 Å². The Balaban J connectivity index is 1.64. The van der Waals surface area contributed by atoms with Crippen LogP contribution in [0.1, 0.15) is 27.2 Å². The lowest BCUT2D eigenvalue weighted by Crippen LogP contribution is -2.43. The first-order valence-electron chi connectivity index (χ1n) is 9.58. The van der Waals surface area contributed by atoms with E-state index >= 15 is 0 Å². The van der Waals surface area contributed by atoms with Crippen molar-refractivity contribution in [2.24, 2.45) is 0 Å². The second kappa shape index (κ2) is 7.90. The number of alkyl halides is 3. The second-order valence-electron chi connectivity index (χ2n) is 7.15. The minimum Gasteiger partial charge on any atom is -0.437 e. The number of halogens is 3. The number of fused-ring (bicyclic) bond motifs is 1. The number of benzene rings is 1. The number of aryl methyl sites for hydroxylation is 2. The van der Waals surface area contributed by atoms with Crippen LogP contribution in [0.4, 0.5) is 24.5 Å². The van der Waals surface area contributed by atoms with Crippen molar-refractivity contribution in [3.8, 4) is 11.6 Å². The zero-order valence-electron chi connectivity index (χ0n) is 16.8. The van der Waals surface area contributed by atoms with Crippen LogP contribution in [0.25, 0.3) is 0 Å². The quantitative estimate of drug-likeness (QED) is 0.591. The van der Waals surface area contributed by atoms with Gasteiger partial charge in [-0.2, -0.15) is 0 Å². The molecule has 0 atom stereocenters. The number of pyridine rings is 2. The molecule has 0 saturated heterocycles. The molecule has 0 bridgehead atoms. The number of nitrogens with one attached hydrogen (secondary N) is 1. The topological polar surface area (TPSA) is 67.4 Å². The van der Waals surface area contributed by atoms with Crippen molar-refractivity contribution in [1.29, 1.82) is 0 Å². The third kappa shape index (κ3) is 4.16. The third-order valence-electron chi connectivity index (χ3n) is 5.00. The average molecular weight is 428 g/mol. The summed E-state index contributed by atoms with van der Waals surface area (Å²) in [5, 5.41) is 3.09. The Labute approximate surface area is 176 Å². The Kier molecular flexibility index (Phi) is 5.26. The van der Waals surface area contributed by atoms with E-state index in [4.69, 9.17) is 4.74 Å². The second-order valence-corrected chi connectivity index (χ2v) is 7.15. The van der Waals surface area contributed by atoms with Crippen LogP contribution in [-0.4, -0.2) is 28.7 Å². The van der Waals surface area contributed by atoms with Gasteiger partial charge in [-0.3, -0.25) is 9.78 Å². The number of hydrogen-bond donors (Lipinski definition) is 1. The molecular weight excluding hydrogens is 409 g/mol. The Bertz CT molecular complexity index is 1130. The van der Waals surface area contributed by atoms with Gasteiger partial charge in [0.15, 0.2) is 5.75 Å². The molecule has 2 aromatic heterocycles. The summed E-state index contributed by atoms with van der Waals surface area (Å²) in [6.45, 7) is 4.06. The van der Waals surface area contributed by atoms with Gasteiger partial charge in [0.2, 0.25) is 5.88 Å². The molecule has 0 spiro atoms. The monoisotopic (exact) mass is 428 g/mol. The summed E-state index contributed by atoms with van der Waals surface area (Å²) in [4.78, 5) is 20.8. The number of anilines is 2. The van der Waals surface area contributed by atoms with E-state index in [1.807, 2.05) is 0 Å². The zero-order chi connectivity index (χ0) is 22.2. The number of nitrogens with zero attached hydrogens (tertiary/aromatic N) is 3. The molecule has 0 aliphatic carbocycles. The molecule has 0 radical (unpaired) electrons. The maximum atomic E-state index is 13.9. The molecule has 0 fully saturated rings. The van der Waals surface area contributed by atoms with Gasteiger partial charge in [0.25, 0.3) is 5.91 Å². The summed E-state index contributed by atoms with van der Waals surface area (Å²) in [7, 11) is 0. The van der Waals surface area contributed by atoms with Crippen LogP contribution in [0.3, 0.4) is 0 Å². The number of aromatic nitrogens is 2. The molecule has 1 N–H and O–H groups in total. The largest absolute Gasteiger partial charge is 0.491 e. The molecule has 1 aromatic carbocycles. The molecule has 31 heavy (non-hydrogen) atoms. The van der Waals surface area contributed by atoms with Gasteiger partial charge in [-0.05, 0) is 55.7 Å². The molecule has 1 amide bonds. The first kappa shape index (κ1) is 20.6. The normalized spacial score (nSPS) is 12.8. The van der Waals surface area contributed by atoms with Gasteiger partial charge in [-0.25, -0.2) is 9.88 Å². The smallest absolute Gasteiger partial charge is 0.437 e. The SMILES string of the molecule is Cc1cc2c(cc1C(=O)N(c1ccc(Oc3cccnc3C)nc1)C(F)(F)F)NCC2. The van der Waals surface area contributed by atoms with Crippen molar-refractivity contribution >= 4 is 17.3 Å². The first-order valence-corrected chi connectivity index (χ1v) is 9.58. The van der Waals surface area contributed by atoms with Crippen LogP contribution < -0.4 is 15.0 Å². The van der Waals surface area contributed by atoms with Crippen molar-refractivity contribution in [2.45, 2.75) is 26.6 Å². The highest BCUT2D eigenvalue weighted by Crippen LogP contribution is 2.34. The predicted molar refractivity (Wildman–Crippen MR) is 110 cm³/mol. The molecule has 3 aromatic rings. The van der Waals surface area contributed by atoms with Crippen molar-refractivity contribution in [1.82, 2.24) is 9.97 Å². The highest BCUT2D eigenvalue weighted by Gasteiger charge is 2.43. The summed E-state index contributed by atoms with van der Waals surface area (Å²) in [6.07, 6.45) is -1.59. The molecule has 3 heterocycles. The highest BCUT2D eigenvalue weighted by molar-refractivity contribution is 6.08. The van der Waals surface area contributed by atoms with Gasteiger partial charge in [-0.15, -0.1) is 13.2 Å². The fourth-order valence-electron chi connectivity index (χ4n) is 3.46. The van der Waals surface area contributed by atoms with E-state index in [9.17, 15) is 18.0 Å². The number of amides is 1. The first-order chi connectivity index (χ1) is 14.7. The molecular formula is C22H19F3N4O2. The lowest BCUT2D eigenvalue weighted by Gasteiger charge is -2.26.